The minimum absolute atomic E-state index is 0.983. The summed E-state index contributed by atoms with van der Waals surface area (Å²) < 4.78 is 4.09. The lowest BCUT2D eigenvalue weighted by Gasteiger charge is -1.93. The smallest absolute Gasteiger partial charge is 0.141 e. The number of halogens is 2. The van der Waals surface area contributed by atoms with Gasteiger partial charge < -0.3 is 4.57 Å². The predicted molar refractivity (Wildman–Crippen MR) is 56.1 cm³/mol. The van der Waals surface area contributed by atoms with Gasteiger partial charge in [0.15, 0.2) is 0 Å². The van der Waals surface area contributed by atoms with Gasteiger partial charge in [0.25, 0.3) is 0 Å². The van der Waals surface area contributed by atoms with Crippen molar-refractivity contribution in [2.75, 3.05) is 0 Å². The monoisotopic (exact) mass is 288 g/mol. The fraction of sp³-hybridized carbons (Fsp3) is 0.125. The lowest BCUT2D eigenvalue weighted by atomic mass is 10.3. The van der Waals surface area contributed by atoms with Gasteiger partial charge in [-0.05, 0) is 44.0 Å². The average molecular weight is 290 g/mol. The first-order valence-electron chi connectivity index (χ1n) is 3.46. The number of pyridine rings is 1. The SMILES string of the molecule is Cn1c(Br)c(Br)c2cccnc21. The first-order valence-corrected chi connectivity index (χ1v) is 5.05. The number of nitrogens with zero attached hydrogens (tertiary/aromatic N) is 2. The fourth-order valence-electron chi connectivity index (χ4n) is 1.19. The molecule has 2 rings (SSSR count). The van der Waals surface area contributed by atoms with E-state index in [1.54, 1.807) is 6.20 Å². The Balaban J connectivity index is 2.99. The van der Waals surface area contributed by atoms with Gasteiger partial charge in [0.05, 0.1) is 4.47 Å². The summed E-state index contributed by atoms with van der Waals surface area (Å²) in [4.78, 5) is 4.27. The van der Waals surface area contributed by atoms with Crippen LogP contribution >= 0.6 is 31.9 Å². The van der Waals surface area contributed by atoms with Crippen LogP contribution in [-0.2, 0) is 7.05 Å². The molecule has 0 amide bonds. The van der Waals surface area contributed by atoms with Crippen molar-refractivity contribution in [1.82, 2.24) is 9.55 Å². The van der Waals surface area contributed by atoms with E-state index in [2.05, 4.69) is 36.8 Å². The molecule has 12 heavy (non-hydrogen) atoms. The van der Waals surface area contributed by atoms with E-state index >= 15 is 0 Å². The van der Waals surface area contributed by atoms with Crippen LogP contribution in [0, 0.1) is 0 Å². The minimum atomic E-state index is 0.983. The number of aromatic nitrogens is 2. The molecule has 0 bridgehead atoms. The maximum atomic E-state index is 4.27. The molecular weight excluding hydrogens is 284 g/mol. The maximum Gasteiger partial charge on any atom is 0.141 e. The van der Waals surface area contributed by atoms with E-state index in [0.29, 0.717) is 0 Å². The Morgan fingerprint density at radius 3 is 2.83 bits per heavy atom. The molecule has 0 atom stereocenters. The van der Waals surface area contributed by atoms with Gasteiger partial charge in [0.2, 0.25) is 0 Å². The molecule has 2 aromatic rings. The highest BCUT2D eigenvalue weighted by molar-refractivity contribution is 9.13. The van der Waals surface area contributed by atoms with Gasteiger partial charge in [-0.1, -0.05) is 0 Å². The highest BCUT2D eigenvalue weighted by Crippen LogP contribution is 2.32. The summed E-state index contributed by atoms with van der Waals surface area (Å²) in [5, 5.41) is 1.13. The van der Waals surface area contributed by atoms with Crippen LogP contribution < -0.4 is 0 Å². The van der Waals surface area contributed by atoms with Gasteiger partial charge in [-0.25, -0.2) is 4.98 Å². The summed E-state index contributed by atoms with van der Waals surface area (Å²) >= 11 is 6.96. The zero-order valence-electron chi connectivity index (χ0n) is 6.38. The Bertz CT molecular complexity index is 395. The average Bonchev–Trinajstić information content (AvgIpc) is 2.33. The Labute approximate surface area is 86.9 Å². The number of fused-ring (bicyclic) bond motifs is 1. The Kier molecular flexibility index (Phi) is 1.96. The van der Waals surface area contributed by atoms with Crippen molar-refractivity contribution >= 4 is 42.9 Å². The molecule has 62 valence electrons. The number of hydrogen-bond donors (Lipinski definition) is 0. The summed E-state index contributed by atoms with van der Waals surface area (Å²) in [6, 6.07) is 3.97. The van der Waals surface area contributed by atoms with Gasteiger partial charge in [-0.3, -0.25) is 0 Å². The van der Waals surface area contributed by atoms with E-state index in [1.807, 2.05) is 23.7 Å². The van der Waals surface area contributed by atoms with Crippen LogP contribution in [0.25, 0.3) is 11.0 Å². The lowest BCUT2D eigenvalue weighted by molar-refractivity contribution is 0.919. The number of rotatable bonds is 0. The van der Waals surface area contributed by atoms with Gasteiger partial charge in [-0.2, -0.15) is 0 Å². The van der Waals surface area contributed by atoms with E-state index in [0.717, 1.165) is 20.1 Å². The molecule has 0 aliphatic heterocycles. The van der Waals surface area contributed by atoms with E-state index in [1.165, 1.54) is 0 Å². The molecule has 2 aromatic heterocycles. The van der Waals surface area contributed by atoms with Gasteiger partial charge >= 0.3 is 0 Å². The largest absolute Gasteiger partial charge is 0.322 e. The van der Waals surface area contributed by atoms with Crippen LogP contribution in [0.15, 0.2) is 27.4 Å². The van der Waals surface area contributed by atoms with Crippen molar-refractivity contribution in [2.24, 2.45) is 7.05 Å². The molecule has 0 radical (unpaired) electrons. The summed E-state index contributed by atoms with van der Waals surface area (Å²) in [7, 11) is 1.98. The lowest BCUT2D eigenvalue weighted by Crippen LogP contribution is -1.88. The second kappa shape index (κ2) is 2.85. The first-order chi connectivity index (χ1) is 5.72. The molecule has 0 saturated carbocycles. The standard InChI is InChI=1S/C8H6Br2N2/c1-12-7(10)6(9)5-3-2-4-11-8(5)12/h2-4H,1H3. The quantitative estimate of drug-likeness (QED) is 0.729. The third-order valence-electron chi connectivity index (χ3n) is 1.82. The van der Waals surface area contributed by atoms with Crippen molar-refractivity contribution in [3.8, 4) is 0 Å². The summed E-state index contributed by atoms with van der Waals surface area (Å²) in [6.07, 6.45) is 1.79. The zero-order chi connectivity index (χ0) is 8.72. The Morgan fingerprint density at radius 1 is 1.42 bits per heavy atom. The van der Waals surface area contributed by atoms with Crippen LogP contribution in [0.3, 0.4) is 0 Å². The molecule has 0 unspecified atom stereocenters. The second-order valence-corrected chi connectivity index (χ2v) is 4.08. The van der Waals surface area contributed by atoms with Crippen molar-refractivity contribution in [3.63, 3.8) is 0 Å². The predicted octanol–water partition coefficient (Wildman–Crippen LogP) is 3.10. The van der Waals surface area contributed by atoms with E-state index < -0.39 is 0 Å². The molecule has 2 nitrogen and oxygen atoms in total. The Hall–Kier alpha value is -0.350. The van der Waals surface area contributed by atoms with Gasteiger partial charge in [0, 0.05) is 18.6 Å². The second-order valence-electron chi connectivity index (χ2n) is 2.54. The van der Waals surface area contributed by atoms with E-state index in [-0.39, 0.29) is 0 Å². The molecular formula is C8H6Br2N2. The number of hydrogen-bond acceptors (Lipinski definition) is 1. The third-order valence-corrected chi connectivity index (χ3v) is 4.08. The highest BCUT2D eigenvalue weighted by atomic mass is 79.9. The van der Waals surface area contributed by atoms with Gasteiger partial charge in [-0.15, -0.1) is 0 Å². The highest BCUT2D eigenvalue weighted by Gasteiger charge is 2.09. The minimum Gasteiger partial charge on any atom is -0.322 e. The topological polar surface area (TPSA) is 17.8 Å². The molecule has 0 saturated heterocycles. The first kappa shape index (κ1) is 8.26. The van der Waals surface area contributed by atoms with Crippen LogP contribution in [-0.4, -0.2) is 9.55 Å². The summed E-state index contributed by atoms with van der Waals surface area (Å²) in [5.41, 5.74) is 0.983. The van der Waals surface area contributed by atoms with E-state index in [4.69, 9.17) is 0 Å². The molecule has 0 aliphatic rings. The van der Waals surface area contributed by atoms with Crippen LogP contribution in [0.2, 0.25) is 0 Å². The van der Waals surface area contributed by atoms with Crippen LogP contribution in [0.4, 0.5) is 0 Å². The summed E-state index contributed by atoms with van der Waals surface area (Å²) in [5.74, 6) is 0. The third kappa shape index (κ3) is 1.02. The molecule has 0 spiro atoms. The van der Waals surface area contributed by atoms with Gasteiger partial charge in [0.1, 0.15) is 10.3 Å². The van der Waals surface area contributed by atoms with Crippen molar-refractivity contribution in [1.29, 1.82) is 0 Å². The zero-order valence-corrected chi connectivity index (χ0v) is 9.55. The van der Waals surface area contributed by atoms with Crippen LogP contribution in [0.5, 0.6) is 0 Å². The van der Waals surface area contributed by atoms with Crippen molar-refractivity contribution in [2.45, 2.75) is 0 Å². The normalized spacial score (nSPS) is 10.9. The number of aryl methyl sites for hydroxylation is 1. The molecule has 0 aromatic carbocycles. The molecule has 0 fully saturated rings. The molecule has 2 heterocycles. The van der Waals surface area contributed by atoms with Crippen molar-refractivity contribution < 1.29 is 0 Å². The molecule has 4 heteroatoms. The summed E-state index contributed by atoms with van der Waals surface area (Å²) in [6.45, 7) is 0. The Morgan fingerprint density at radius 2 is 2.17 bits per heavy atom. The fourth-order valence-corrected chi connectivity index (χ4v) is 2.14. The van der Waals surface area contributed by atoms with E-state index in [9.17, 15) is 0 Å². The van der Waals surface area contributed by atoms with Crippen molar-refractivity contribution in [3.05, 3.63) is 27.4 Å². The van der Waals surface area contributed by atoms with Crippen LogP contribution in [0.1, 0.15) is 0 Å². The molecule has 0 aliphatic carbocycles. The maximum absolute atomic E-state index is 4.27. The molecule has 0 N–H and O–H groups in total.